The third kappa shape index (κ3) is 4.30. The van der Waals surface area contributed by atoms with Gasteiger partial charge in [0.05, 0.1) is 5.02 Å². The van der Waals surface area contributed by atoms with Crippen LogP contribution in [0.2, 0.25) is 5.02 Å². The van der Waals surface area contributed by atoms with Crippen molar-refractivity contribution in [2.45, 2.75) is 20.8 Å². The van der Waals surface area contributed by atoms with Gasteiger partial charge in [-0.3, -0.25) is 9.59 Å². The van der Waals surface area contributed by atoms with Gasteiger partial charge in [-0.1, -0.05) is 41.4 Å². The summed E-state index contributed by atoms with van der Waals surface area (Å²) in [4.78, 5) is 24.2. The van der Waals surface area contributed by atoms with Crippen molar-refractivity contribution in [3.63, 3.8) is 0 Å². The van der Waals surface area contributed by atoms with E-state index in [2.05, 4.69) is 5.32 Å². The average molecular weight is 328 g/mol. The number of allylic oxidation sites excluding steroid dienone is 1. The van der Waals surface area contributed by atoms with Gasteiger partial charge < -0.3 is 5.32 Å². The second-order valence-electron chi connectivity index (χ2n) is 5.44. The van der Waals surface area contributed by atoms with Crippen LogP contribution in [0, 0.1) is 20.8 Å². The first-order valence-corrected chi connectivity index (χ1v) is 7.62. The summed E-state index contributed by atoms with van der Waals surface area (Å²) in [5, 5.41) is 3.18. The molecule has 0 atom stereocenters. The normalized spacial score (nSPS) is 10.8. The van der Waals surface area contributed by atoms with Gasteiger partial charge in [-0.05, 0) is 50.1 Å². The number of carbonyl (C=O) groups is 2. The van der Waals surface area contributed by atoms with E-state index < -0.39 is 0 Å². The Morgan fingerprint density at radius 1 is 1.00 bits per heavy atom. The molecular weight excluding hydrogens is 310 g/mol. The van der Waals surface area contributed by atoms with Crippen molar-refractivity contribution in [3.05, 3.63) is 75.8 Å². The van der Waals surface area contributed by atoms with E-state index in [4.69, 9.17) is 11.6 Å². The smallest absolute Gasteiger partial charge is 0.248 e. The molecular formula is C19H18ClNO2. The van der Waals surface area contributed by atoms with E-state index >= 15 is 0 Å². The molecule has 3 nitrogen and oxygen atoms in total. The topological polar surface area (TPSA) is 46.2 Å². The number of halogens is 1. The Labute approximate surface area is 141 Å². The van der Waals surface area contributed by atoms with Crippen LogP contribution < -0.4 is 5.32 Å². The molecule has 0 fully saturated rings. The van der Waals surface area contributed by atoms with Crippen LogP contribution >= 0.6 is 11.6 Å². The molecule has 1 N–H and O–H groups in total. The minimum atomic E-state index is -0.348. The molecule has 0 heterocycles. The predicted octanol–water partition coefficient (Wildman–Crippen LogP) is 4.64. The number of nitrogens with one attached hydrogen (secondary N) is 1. The summed E-state index contributed by atoms with van der Waals surface area (Å²) in [6.07, 6.45) is 2.47. The molecule has 0 aliphatic carbocycles. The number of carbonyl (C=O) groups excluding carboxylic acids is 2. The average Bonchev–Trinajstić information content (AvgIpc) is 2.51. The van der Waals surface area contributed by atoms with Crippen molar-refractivity contribution in [1.29, 1.82) is 0 Å². The van der Waals surface area contributed by atoms with E-state index in [-0.39, 0.29) is 11.7 Å². The fourth-order valence-electron chi connectivity index (χ4n) is 2.25. The second kappa shape index (κ2) is 7.25. The molecule has 2 aromatic rings. The molecule has 4 heteroatoms. The van der Waals surface area contributed by atoms with Crippen molar-refractivity contribution < 1.29 is 9.59 Å². The van der Waals surface area contributed by atoms with E-state index in [0.717, 1.165) is 22.4 Å². The van der Waals surface area contributed by atoms with Gasteiger partial charge in [0.1, 0.15) is 0 Å². The van der Waals surface area contributed by atoms with E-state index in [1.54, 1.807) is 12.1 Å². The first-order chi connectivity index (χ1) is 10.9. The molecule has 0 aliphatic rings. The second-order valence-corrected chi connectivity index (χ2v) is 5.84. The van der Waals surface area contributed by atoms with Crippen LogP contribution in [0.25, 0.3) is 0 Å². The quantitative estimate of drug-likeness (QED) is 0.656. The zero-order valence-electron chi connectivity index (χ0n) is 13.3. The zero-order chi connectivity index (χ0) is 17.0. The van der Waals surface area contributed by atoms with Crippen LogP contribution in [0.15, 0.2) is 48.6 Å². The van der Waals surface area contributed by atoms with E-state index in [1.807, 2.05) is 45.0 Å². The molecule has 23 heavy (non-hydrogen) atoms. The number of rotatable bonds is 4. The van der Waals surface area contributed by atoms with Crippen molar-refractivity contribution in [1.82, 2.24) is 0 Å². The van der Waals surface area contributed by atoms with Gasteiger partial charge in [-0.25, -0.2) is 0 Å². The summed E-state index contributed by atoms with van der Waals surface area (Å²) in [5.74, 6) is -0.644. The Morgan fingerprint density at radius 2 is 1.65 bits per heavy atom. The van der Waals surface area contributed by atoms with Crippen LogP contribution in [-0.4, -0.2) is 11.7 Å². The monoisotopic (exact) mass is 327 g/mol. The first-order valence-electron chi connectivity index (χ1n) is 7.24. The Bertz CT molecular complexity index is 774. The van der Waals surface area contributed by atoms with Gasteiger partial charge in [-0.2, -0.15) is 0 Å². The summed E-state index contributed by atoms with van der Waals surface area (Å²) in [7, 11) is 0. The largest absolute Gasteiger partial charge is 0.322 e. The van der Waals surface area contributed by atoms with Crippen molar-refractivity contribution in [2.75, 3.05) is 5.32 Å². The number of benzene rings is 2. The number of amides is 1. The van der Waals surface area contributed by atoms with E-state index in [0.29, 0.717) is 10.6 Å². The lowest BCUT2D eigenvalue weighted by Gasteiger charge is -2.09. The van der Waals surface area contributed by atoms with Gasteiger partial charge in [0.25, 0.3) is 0 Å². The lowest BCUT2D eigenvalue weighted by atomic mass is 10.1. The van der Waals surface area contributed by atoms with Gasteiger partial charge in [0.15, 0.2) is 5.78 Å². The number of hydrogen-bond acceptors (Lipinski definition) is 2. The Balaban J connectivity index is 2.12. The maximum Gasteiger partial charge on any atom is 0.248 e. The van der Waals surface area contributed by atoms with Crippen LogP contribution in [0.1, 0.15) is 27.0 Å². The fraction of sp³-hybridized carbons (Fsp3) is 0.158. The van der Waals surface area contributed by atoms with Gasteiger partial charge in [-0.15, -0.1) is 0 Å². The number of anilines is 1. The molecule has 118 valence electrons. The maximum absolute atomic E-state index is 12.2. The molecule has 1 amide bonds. The third-order valence-corrected chi connectivity index (χ3v) is 3.83. The molecule has 0 bridgehead atoms. The van der Waals surface area contributed by atoms with Gasteiger partial charge in [0.2, 0.25) is 5.91 Å². The molecule has 0 saturated carbocycles. The third-order valence-electron chi connectivity index (χ3n) is 3.50. The Hall–Kier alpha value is -2.39. The molecule has 0 radical (unpaired) electrons. The summed E-state index contributed by atoms with van der Waals surface area (Å²) in [6, 6.07) is 11.0. The van der Waals surface area contributed by atoms with E-state index in [9.17, 15) is 9.59 Å². The number of hydrogen-bond donors (Lipinski definition) is 1. The van der Waals surface area contributed by atoms with Gasteiger partial charge >= 0.3 is 0 Å². The fourth-order valence-corrected chi connectivity index (χ4v) is 2.46. The number of ketones is 1. The molecule has 2 rings (SSSR count). The highest BCUT2D eigenvalue weighted by Crippen LogP contribution is 2.20. The molecule has 0 unspecified atom stereocenters. The van der Waals surface area contributed by atoms with Crippen LogP contribution in [-0.2, 0) is 4.79 Å². The first kappa shape index (κ1) is 17.0. The summed E-state index contributed by atoms with van der Waals surface area (Å²) >= 11 is 6.02. The highest BCUT2D eigenvalue weighted by molar-refractivity contribution is 6.34. The van der Waals surface area contributed by atoms with E-state index in [1.165, 1.54) is 12.2 Å². The standard InChI is InChI=1S/C19H18ClNO2/c1-12-7-8-16(20)15(11-12)17(22)9-10-18(23)21-19-13(2)5-4-6-14(19)3/h4-11H,1-3H3,(H,21,23). The van der Waals surface area contributed by atoms with Crippen molar-refractivity contribution >= 4 is 29.0 Å². The summed E-state index contributed by atoms with van der Waals surface area (Å²) < 4.78 is 0. The molecule has 0 spiro atoms. The lowest BCUT2D eigenvalue weighted by molar-refractivity contribution is -0.111. The summed E-state index contributed by atoms with van der Waals surface area (Å²) in [6.45, 7) is 5.72. The van der Waals surface area contributed by atoms with Crippen LogP contribution in [0.5, 0.6) is 0 Å². The highest BCUT2D eigenvalue weighted by Gasteiger charge is 2.09. The maximum atomic E-state index is 12.2. The van der Waals surface area contributed by atoms with Crippen molar-refractivity contribution in [2.24, 2.45) is 0 Å². The Morgan fingerprint density at radius 3 is 2.30 bits per heavy atom. The predicted molar refractivity (Wildman–Crippen MR) is 94.2 cm³/mol. The highest BCUT2D eigenvalue weighted by atomic mass is 35.5. The number of para-hydroxylation sites is 1. The van der Waals surface area contributed by atoms with Gasteiger partial charge in [0, 0.05) is 17.3 Å². The van der Waals surface area contributed by atoms with Crippen LogP contribution in [0.4, 0.5) is 5.69 Å². The Kier molecular flexibility index (Phi) is 5.35. The SMILES string of the molecule is Cc1ccc(Cl)c(C(=O)C=CC(=O)Nc2c(C)cccc2C)c1. The zero-order valence-corrected chi connectivity index (χ0v) is 14.1. The minimum Gasteiger partial charge on any atom is -0.322 e. The summed E-state index contributed by atoms with van der Waals surface area (Å²) in [5.41, 5.74) is 4.04. The molecule has 0 aliphatic heterocycles. The molecule has 2 aromatic carbocycles. The molecule has 0 saturated heterocycles. The minimum absolute atomic E-state index is 0.296. The van der Waals surface area contributed by atoms with Crippen LogP contribution in [0.3, 0.4) is 0 Å². The van der Waals surface area contributed by atoms with Crippen molar-refractivity contribution in [3.8, 4) is 0 Å². The number of aryl methyl sites for hydroxylation is 3. The molecule has 0 aromatic heterocycles. The lowest BCUT2D eigenvalue weighted by Crippen LogP contribution is -2.11.